The fourth-order valence-corrected chi connectivity index (χ4v) is 2.10. The molecule has 0 aliphatic carbocycles. The standard InChI is InChI=1S/C15H12N2OS/c1-10-6-7-11(8-13(10)16-9-19)15-17-12-4-2-3-5-14(12)18-15/h2-9H,1H3,(H,16,19). The Kier molecular flexibility index (Phi) is 3.01. The highest BCUT2D eigenvalue weighted by molar-refractivity contribution is 7.79. The highest BCUT2D eigenvalue weighted by atomic mass is 32.1. The molecule has 2 aromatic carbocycles. The number of hydrogen-bond donors (Lipinski definition) is 1. The van der Waals surface area contributed by atoms with Gasteiger partial charge in [0.15, 0.2) is 5.58 Å². The summed E-state index contributed by atoms with van der Waals surface area (Å²) in [5.41, 5.74) is 6.18. The molecular formula is C15H12N2OS. The van der Waals surface area contributed by atoms with Crippen molar-refractivity contribution in [2.45, 2.75) is 6.92 Å². The van der Waals surface area contributed by atoms with E-state index in [-0.39, 0.29) is 0 Å². The van der Waals surface area contributed by atoms with Crippen LogP contribution in [-0.4, -0.2) is 10.5 Å². The van der Waals surface area contributed by atoms with E-state index < -0.39 is 0 Å². The van der Waals surface area contributed by atoms with Gasteiger partial charge in [-0.25, -0.2) is 4.98 Å². The van der Waals surface area contributed by atoms with E-state index in [0.29, 0.717) is 5.89 Å². The highest BCUT2D eigenvalue weighted by Gasteiger charge is 2.09. The Balaban J connectivity index is 2.10. The first-order valence-electron chi connectivity index (χ1n) is 5.95. The molecule has 0 spiro atoms. The summed E-state index contributed by atoms with van der Waals surface area (Å²) in [5, 5.41) is 3.04. The number of fused-ring (bicyclic) bond motifs is 1. The van der Waals surface area contributed by atoms with Gasteiger partial charge in [-0.05, 0) is 36.8 Å². The van der Waals surface area contributed by atoms with Crippen molar-refractivity contribution >= 4 is 34.5 Å². The summed E-state index contributed by atoms with van der Waals surface area (Å²) in [6, 6.07) is 13.7. The van der Waals surface area contributed by atoms with E-state index >= 15 is 0 Å². The Bertz CT molecular complexity index is 716. The van der Waals surface area contributed by atoms with Gasteiger partial charge in [-0.15, -0.1) is 0 Å². The van der Waals surface area contributed by atoms with Crippen molar-refractivity contribution in [2.75, 3.05) is 5.32 Å². The second-order valence-corrected chi connectivity index (χ2v) is 4.51. The van der Waals surface area contributed by atoms with Crippen LogP contribution in [0.15, 0.2) is 46.9 Å². The van der Waals surface area contributed by atoms with Gasteiger partial charge >= 0.3 is 0 Å². The first-order valence-corrected chi connectivity index (χ1v) is 6.42. The molecule has 0 bridgehead atoms. The van der Waals surface area contributed by atoms with Crippen LogP contribution in [0, 0.1) is 6.92 Å². The Hall–Kier alpha value is -2.20. The number of aryl methyl sites for hydroxylation is 1. The molecule has 19 heavy (non-hydrogen) atoms. The molecule has 0 aliphatic heterocycles. The summed E-state index contributed by atoms with van der Waals surface area (Å²) in [6.07, 6.45) is 0. The number of oxazole rings is 1. The predicted molar refractivity (Wildman–Crippen MR) is 81.5 cm³/mol. The van der Waals surface area contributed by atoms with Gasteiger partial charge in [-0.2, -0.15) is 0 Å². The summed E-state index contributed by atoms with van der Waals surface area (Å²) in [5.74, 6) is 0.619. The third-order valence-corrected chi connectivity index (χ3v) is 3.11. The van der Waals surface area contributed by atoms with E-state index in [4.69, 9.17) is 16.6 Å². The second-order valence-electron chi connectivity index (χ2n) is 4.28. The number of thiocarbonyl (C=S) groups is 1. The number of aromatic nitrogens is 1. The average molecular weight is 268 g/mol. The molecule has 4 heteroatoms. The fourth-order valence-electron chi connectivity index (χ4n) is 1.97. The van der Waals surface area contributed by atoms with E-state index in [9.17, 15) is 0 Å². The number of nitrogens with zero attached hydrogens (tertiary/aromatic N) is 1. The molecule has 3 nitrogen and oxygen atoms in total. The lowest BCUT2D eigenvalue weighted by Gasteiger charge is -2.05. The van der Waals surface area contributed by atoms with E-state index in [2.05, 4.69) is 10.3 Å². The minimum atomic E-state index is 0.619. The smallest absolute Gasteiger partial charge is 0.227 e. The molecular weight excluding hydrogens is 256 g/mol. The second kappa shape index (κ2) is 4.82. The summed E-state index contributed by atoms with van der Waals surface area (Å²) in [7, 11) is 0. The van der Waals surface area contributed by atoms with Gasteiger partial charge in [0.05, 0.1) is 5.49 Å². The van der Waals surface area contributed by atoms with Crippen molar-refractivity contribution in [2.24, 2.45) is 0 Å². The highest BCUT2D eigenvalue weighted by Crippen LogP contribution is 2.27. The lowest BCUT2D eigenvalue weighted by Crippen LogP contribution is -1.95. The number of para-hydroxylation sites is 2. The number of anilines is 1. The number of benzene rings is 2. The quantitative estimate of drug-likeness (QED) is 0.723. The monoisotopic (exact) mass is 268 g/mol. The van der Waals surface area contributed by atoms with Crippen LogP contribution in [0.2, 0.25) is 0 Å². The van der Waals surface area contributed by atoms with Gasteiger partial charge in [0.1, 0.15) is 5.52 Å². The number of hydrogen-bond acceptors (Lipinski definition) is 3. The maximum atomic E-state index is 5.75. The van der Waals surface area contributed by atoms with Gasteiger partial charge in [-0.1, -0.05) is 30.4 Å². The zero-order valence-corrected chi connectivity index (χ0v) is 11.2. The number of nitrogens with one attached hydrogen (secondary N) is 1. The molecule has 0 radical (unpaired) electrons. The minimum absolute atomic E-state index is 0.619. The van der Waals surface area contributed by atoms with Crippen molar-refractivity contribution in [3.05, 3.63) is 48.0 Å². The molecule has 1 aromatic heterocycles. The number of rotatable bonds is 3. The van der Waals surface area contributed by atoms with Gasteiger partial charge in [0.25, 0.3) is 0 Å². The lowest BCUT2D eigenvalue weighted by molar-refractivity contribution is 0.620. The van der Waals surface area contributed by atoms with Crippen LogP contribution in [0.25, 0.3) is 22.6 Å². The molecule has 3 rings (SSSR count). The van der Waals surface area contributed by atoms with Crippen LogP contribution in [0.3, 0.4) is 0 Å². The maximum Gasteiger partial charge on any atom is 0.227 e. The zero-order chi connectivity index (χ0) is 13.2. The zero-order valence-electron chi connectivity index (χ0n) is 10.4. The molecule has 0 aliphatic rings. The van der Waals surface area contributed by atoms with Crippen molar-refractivity contribution in [3.63, 3.8) is 0 Å². The maximum absolute atomic E-state index is 5.75. The van der Waals surface area contributed by atoms with Crippen LogP contribution in [0.5, 0.6) is 0 Å². The minimum Gasteiger partial charge on any atom is -0.436 e. The third kappa shape index (κ3) is 2.22. The molecule has 3 aromatic rings. The van der Waals surface area contributed by atoms with Crippen LogP contribution in [-0.2, 0) is 0 Å². The van der Waals surface area contributed by atoms with E-state index in [1.165, 1.54) is 5.49 Å². The molecule has 0 atom stereocenters. The Morgan fingerprint density at radius 3 is 2.84 bits per heavy atom. The first kappa shape index (κ1) is 11.9. The van der Waals surface area contributed by atoms with Crippen LogP contribution < -0.4 is 5.32 Å². The van der Waals surface area contributed by atoms with Gasteiger partial charge in [0, 0.05) is 11.3 Å². The Labute approximate surface area is 116 Å². The SMILES string of the molecule is Cc1ccc(-c2nc3ccccc3o2)cc1NC=S. The molecule has 94 valence electrons. The van der Waals surface area contributed by atoms with Gasteiger partial charge < -0.3 is 9.73 Å². The van der Waals surface area contributed by atoms with Crippen LogP contribution in [0.4, 0.5) is 5.69 Å². The molecule has 0 unspecified atom stereocenters. The summed E-state index contributed by atoms with van der Waals surface area (Å²) in [4.78, 5) is 4.48. The third-order valence-electron chi connectivity index (χ3n) is 2.99. The lowest BCUT2D eigenvalue weighted by atomic mass is 10.1. The van der Waals surface area contributed by atoms with E-state index in [0.717, 1.165) is 27.9 Å². The first-order chi connectivity index (χ1) is 9.28. The molecule has 0 saturated heterocycles. The average Bonchev–Trinajstić information content (AvgIpc) is 2.85. The molecule has 0 fully saturated rings. The molecule has 0 saturated carbocycles. The normalized spacial score (nSPS) is 10.6. The van der Waals surface area contributed by atoms with Gasteiger partial charge in [0.2, 0.25) is 5.89 Å². The van der Waals surface area contributed by atoms with E-state index in [1.54, 1.807) is 0 Å². The molecule has 0 amide bonds. The van der Waals surface area contributed by atoms with Crippen molar-refractivity contribution in [3.8, 4) is 11.5 Å². The Morgan fingerprint density at radius 2 is 2.05 bits per heavy atom. The van der Waals surface area contributed by atoms with Crippen LogP contribution >= 0.6 is 12.2 Å². The van der Waals surface area contributed by atoms with Crippen molar-refractivity contribution in [1.82, 2.24) is 4.98 Å². The van der Waals surface area contributed by atoms with Crippen molar-refractivity contribution in [1.29, 1.82) is 0 Å². The topological polar surface area (TPSA) is 38.1 Å². The van der Waals surface area contributed by atoms with Crippen molar-refractivity contribution < 1.29 is 4.42 Å². The summed E-state index contributed by atoms with van der Waals surface area (Å²) < 4.78 is 5.75. The largest absolute Gasteiger partial charge is 0.436 e. The van der Waals surface area contributed by atoms with Gasteiger partial charge in [-0.3, -0.25) is 0 Å². The fraction of sp³-hybridized carbons (Fsp3) is 0.0667. The van der Waals surface area contributed by atoms with E-state index in [1.807, 2.05) is 49.4 Å². The van der Waals surface area contributed by atoms with Crippen LogP contribution in [0.1, 0.15) is 5.56 Å². The molecule has 1 heterocycles. The molecule has 1 N–H and O–H groups in total. The summed E-state index contributed by atoms with van der Waals surface area (Å²) >= 11 is 4.83. The Morgan fingerprint density at radius 1 is 1.21 bits per heavy atom. The summed E-state index contributed by atoms with van der Waals surface area (Å²) in [6.45, 7) is 2.02. The predicted octanol–water partition coefficient (Wildman–Crippen LogP) is 4.17.